The second-order valence-electron chi connectivity index (χ2n) is 13.6. The maximum atomic E-state index is 14.2. The van der Waals surface area contributed by atoms with E-state index in [1.165, 1.54) is 0 Å². The molecule has 282 valence electrons. The highest BCUT2D eigenvalue weighted by atomic mass is 16.9. The van der Waals surface area contributed by atoms with E-state index in [9.17, 15) is 29.3 Å². The van der Waals surface area contributed by atoms with E-state index in [-0.39, 0.29) is 44.4 Å². The Hall–Kier alpha value is -5.21. The number of pyridine rings is 1. The zero-order valence-corrected chi connectivity index (χ0v) is 30.3. The zero-order valence-electron chi connectivity index (χ0n) is 30.3. The third-order valence-electron chi connectivity index (χ3n) is 8.97. The normalized spacial score (nSPS) is 14.9. The Labute approximate surface area is 303 Å². The number of carbonyl (C=O) groups is 4. The molecular formula is C37H51N7O8. The highest BCUT2D eigenvalue weighted by molar-refractivity contribution is 5.94. The van der Waals surface area contributed by atoms with Crippen LogP contribution in [-0.2, 0) is 43.8 Å². The number of likely N-dealkylation sites (tertiary alicyclic amines) is 1. The lowest BCUT2D eigenvalue weighted by molar-refractivity contribution is -0.757. The summed E-state index contributed by atoms with van der Waals surface area (Å²) >= 11 is 0. The van der Waals surface area contributed by atoms with E-state index < -0.39 is 41.0 Å². The van der Waals surface area contributed by atoms with E-state index in [4.69, 9.17) is 4.74 Å². The first-order chi connectivity index (χ1) is 25.0. The van der Waals surface area contributed by atoms with Crippen LogP contribution in [0.5, 0.6) is 0 Å². The summed E-state index contributed by atoms with van der Waals surface area (Å²) in [7, 11) is 1.90. The molecular weight excluding hydrogens is 670 g/mol. The predicted molar refractivity (Wildman–Crippen MR) is 193 cm³/mol. The van der Waals surface area contributed by atoms with Crippen LogP contribution < -0.4 is 16.0 Å². The van der Waals surface area contributed by atoms with Crippen LogP contribution in [0.15, 0.2) is 54.9 Å². The summed E-state index contributed by atoms with van der Waals surface area (Å²) in [5.74, 6) is -1.76. The van der Waals surface area contributed by atoms with Gasteiger partial charge in [0.2, 0.25) is 11.8 Å². The fraction of sp³-hybridized carbons (Fsp3) is 0.541. The average Bonchev–Trinajstić information content (AvgIpc) is 3.25. The molecule has 4 amide bonds. The second-order valence-corrected chi connectivity index (χ2v) is 13.6. The predicted octanol–water partition coefficient (Wildman–Crippen LogP) is 3.86. The first-order valence-corrected chi connectivity index (χ1v) is 18.0. The minimum atomic E-state index is -1.15. The lowest BCUT2D eigenvalue weighted by atomic mass is 10.0. The Morgan fingerprint density at radius 1 is 0.865 bits per heavy atom. The fourth-order valence-electron chi connectivity index (χ4n) is 6.32. The van der Waals surface area contributed by atoms with Gasteiger partial charge in [0.15, 0.2) is 0 Å². The number of aromatic nitrogens is 2. The van der Waals surface area contributed by atoms with Gasteiger partial charge in [-0.3, -0.25) is 14.6 Å². The van der Waals surface area contributed by atoms with E-state index in [1.807, 2.05) is 55.9 Å². The van der Waals surface area contributed by atoms with Gasteiger partial charge in [-0.1, -0.05) is 51.0 Å². The number of hydrogen-bond donors (Lipinski definition) is 3. The van der Waals surface area contributed by atoms with Gasteiger partial charge in [0.25, 0.3) is 5.09 Å². The SMILES string of the molecule is CC(C)CC(NC(=O)N1CCCCCC1)C(=O)NC(Cc1cn(C)c2ccccc12)C(=O)NC(Cc1ccccn1)C(=O)OCCCCO[N+](=O)[O-]. The van der Waals surface area contributed by atoms with Gasteiger partial charge in [0.1, 0.15) is 18.1 Å². The maximum Gasteiger partial charge on any atom is 0.329 e. The molecule has 1 aliphatic rings. The molecule has 3 unspecified atom stereocenters. The fourth-order valence-corrected chi connectivity index (χ4v) is 6.32. The zero-order chi connectivity index (χ0) is 37.5. The Balaban J connectivity index is 1.56. The quantitative estimate of drug-likeness (QED) is 0.0759. The smallest absolute Gasteiger partial charge is 0.329 e. The summed E-state index contributed by atoms with van der Waals surface area (Å²) in [5.41, 5.74) is 2.30. The highest BCUT2D eigenvalue weighted by Crippen LogP contribution is 2.22. The number of amides is 4. The number of esters is 1. The number of fused-ring (bicyclic) bond motifs is 1. The Morgan fingerprint density at radius 2 is 1.54 bits per heavy atom. The van der Waals surface area contributed by atoms with E-state index in [0.717, 1.165) is 42.1 Å². The molecule has 0 aliphatic carbocycles. The first kappa shape index (κ1) is 39.6. The van der Waals surface area contributed by atoms with E-state index in [2.05, 4.69) is 25.8 Å². The Morgan fingerprint density at radius 3 is 2.23 bits per heavy atom. The number of unbranched alkanes of at least 4 members (excludes halogenated alkanes) is 1. The number of rotatable bonds is 18. The number of hydrogen-bond acceptors (Lipinski definition) is 9. The Kier molecular flexibility index (Phi) is 15.2. The summed E-state index contributed by atoms with van der Waals surface area (Å²) in [6, 6.07) is 9.48. The van der Waals surface area contributed by atoms with Crippen molar-refractivity contribution < 1.29 is 33.8 Å². The molecule has 1 fully saturated rings. The number of carbonyl (C=O) groups excluding carboxylic acids is 4. The number of urea groups is 1. The molecule has 15 nitrogen and oxygen atoms in total. The van der Waals surface area contributed by atoms with Crippen LogP contribution in [0, 0.1) is 16.0 Å². The number of para-hydroxylation sites is 1. The van der Waals surface area contributed by atoms with Crippen molar-refractivity contribution in [2.75, 3.05) is 26.3 Å². The summed E-state index contributed by atoms with van der Waals surface area (Å²) in [6.45, 7) is 4.98. The topological polar surface area (TPSA) is 187 Å². The first-order valence-electron chi connectivity index (χ1n) is 18.0. The van der Waals surface area contributed by atoms with Crippen molar-refractivity contribution in [3.8, 4) is 0 Å². The third-order valence-corrected chi connectivity index (χ3v) is 8.97. The average molecular weight is 722 g/mol. The molecule has 0 spiro atoms. The highest BCUT2D eigenvalue weighted by Gasteiger charge is 2.32. The minimum absolute atomic E-state index is 0.0205. The van der Waals surface area contributed by atoms with Crippen LogP contribution in [0.1, 0.15) is 70.1 Å². The molecule has 2 aromatic heterocycles. The molecule has 3 heterocycles. The monoisotopic (exact) mass is 721 g/mol. The van der Waals surface area contributed by atoms with Gasteiger partial charge in [0, 0.05) is 62.0 Å². The minimum Gasteiger partial charge on any atom is -0.464 e. The number of aryl methyl sites for hydroxylation is 1. The summed E-state index contributed by atoms with van der Waals surface area (Å²) in [5, 5.41) is 19.1. The van der Waals surface area contributed by atoms with Crippen LogP contribution in [0.2, 0.25) is 0 Å². The molecule has 15 heteroatoms. The molecule has 3 N–H and O–H groups in total. The summed E-state index contributed by atoms with van der Waals surface area (Å²) < 4.78 is 7.41. The second kappa shape index (κ2) is 20.0. The van der Waals surface area contributed by atoms with E-state index >= 15 is 0 Å². The number of nitrogens with zero attached hydrogens (tertiary/aromatic N) is 4. The van der Waals surface area contributed by atoms with Crippen molar-refractivity contribution in [2.45, 2.75) is 89.8 Å². The van der Waals surface area contributed by atoms with Gasteiger partial charge >= 0.3 is 12.0 Å². The van der Waals surface area contributed by atoms with Gasteiger partial charge < -0.3 is 35.0 Å². The standard InChI is InChI=1S/C37H51N7O8/c1-26(2)22-30(41-37(48)43-18-10-4-5-11-19-43)34(45)39-31(23-27-25-42(3)33-16-7-6-15-29(27)33)35(46)40-32(24-28-14-8-9-17-38-28)36(47)51-20-12-13-21-52-44(49)50/h6-9,14-17,25-26,30-32H,4-5,10-13,18-24H2,1-3H3,(H,39,45)(H,40,46)(H,41,48). The van der Waals surface area contributed by atoms with Crippen LogP contribution >= 0.6 is 0 Å². The molecule has 1 aliphatic heterocycles. The lowest BCUT2D eigenvalue weighted by Gasteiger charge is -2.28. The van der Waals surface area contributed by atoms with Gasteiger partial charge in [-0.15, -0.1) is 10.1 Å². The molecule has 4 rings (SSSR count). The van der Waals surface area contributed by atoms with Crippen molar-refractivity contribution in [2.24, 2.45) is 13.0 Å². The van der Waals surface area contributed by atoms with Gasteiger partial charge in [-0.05, 0) is 61.8 Å². The number of benzene rings is 1. The van der Waals surface area contributed by atoms with Crippen molar-refractivity contribution in [1.29, 1.82) is 0 Å². The molecule has 1 aromatic carbocycles. The number of ether oxygens (including phenoxy) is 1. The molecule has 0 saturated carbocycles. The van der Waals surface area contributed by atoms with Crippen LogP contribution in [-0.4, -0.2) is 87.8 Å². The van der Waals surface area contributed by atoms with E-state index in [1.54, 1.807) is 29.3 Å². The van der Waals surface area contributed by atoms with Crippen LogP contribution in [0.4, 0.5) is 4.79 Å². The van der Waals surface area contributed by atoms with Crippen LogP contribution in [0.25, 0.3) is 10.9 Å². The van der Waals surface area contributed by atoms with E-state index in [0.29, 0.717) is 31.6 Å². The lowest BCUT2D eigenvalue weighted by Crippen LogP contribution is -2.58. The van der Waals surface area contributed by atoms with Gasteiger partial charge in [-0.25, -0.2) is 9.59 Å². The molecule has 3 atom stereocenters. The number of nitrogens with one attached hydrogen (secondary N) is 3. The van der Waals surface area contributed by atoms with Gasteiger partial charge in [0.05, 0.1) is 13.2 Å². The maximum absolute atomic E-state index is 14.2. The summed E-state index contributed by atoms with van der Waals surface area (Å²) in [6.07, 6.45) is 8.48. The molecule has 0 radical (unpaired) electrons. The molecule has 3 aromatic rings. The molecule has 52 heavy (non-hydrogen) atoms. The Bertz CT molecular complexity index is 1640. The van der Waals surface area contributed by atoms with Crippen molar-refractivity contribution in [3.63, 3.8) is 0 Å². The van der Waals surface area contributed by atoms with Crippen LogP contribution in [0.3, 0.4) is 0 Å². The van der Waals surface area contributed by atoms with Crippen molar-refractivity contribution in [3.05, 3.63) is 76.2 Å². The van der Waals surface area contributed by atoms with Crippen molar-refractivity contribution in [1.82, 2.24) is 30.4 Å². The summed E-state index contributed by atoms with van der Waals surface area (Å²) in [4.78, 5) is 75.8. The van der Waals surface area contributed by atoms with Crippen molar-refractivity contribution >= 4 is 34.7 Å². The molecule has 0 bridgehead atoms. The van der Waals surface area contributed by atoms with Gasteiger partial charge in [-0.2, -0.15) is 0 Å². The molecule has 1 saturated heterocycles. The largest absolute Gasteiger partial charge is 0.464 e. The third kappa shape index (κ3) is 12.2.